The van der Waals surface area contributed by atoms with Crippen molar-refractivity contribution in [3.8, 4) is 0 Å². The minimum atomic E-state index is -1.10. The Morgan fingerprint density at radius 3 is 1.37 bits per heavy atom. The molecule has 4 nitrogen and oxygen atoms in total. The molecule has 0 bridgehead atoms. The third-order valence-electron chi connectivity index (χ3n) is 3.14. The summed E-state index contributed by atoms with van der Waals surface area (Å²) >= 11 is 3.11. The fourth-order valence-corrected chi connectivity index (χ4v) is 3.76. The second kappa shape index (κ2) is 14.8. The molecule has 0 saturated heterocycles. The summed E-state index contributed by atoms with van der Waals surface area (Å²) < 4.78 is 0. The Balaban J connectivity index is 0.000000483. The summed E-state index contributed by atoms with van der Waals surface area (Å²) in [4.78, 5) is 22.9. The molecule has 0 radical (unpaired) electrons. The number of thioether (sulfide) groups is 2. The van der Waals surface area contributed by atoms with E-state index in [9.17, 15) is 19.8 Å². The maximum Gasteiger partial charge on any atom is 2.00 e. The molecule has 0 unspecified atom stereocenters. The van der Waals surface area contributed by atoms with Crippen molar-refractivity contribution in [3.63, 3.8) is 0 Å². The maximum absolute atomic E-state index is 10.7. The van der Waals surface area contributed by atoms with E-state index in [4.69, 9.17) is 0 Å². The Kier molecular flexibility index (Phi) is 14.1. The van der Waals surface area contributed by atoms with Gasteiger partial charge in [0.2, 0.25) is 0 Å². The summed E-state index contributed by atoms with van der Waals surface area (Å²) in [6.07, 6.45) is 2.07. The molecule has 27 heavy (non-hydrogen) atoms. The molecule has 0 aromatic heterocycles. The number of benzene rings is 2. The zero-order valence-electron chi connectivity index (χ0n) is 15.2. The Morgan fingerprint density at radius 1 is 0.741 bits per heavy atom. The topological polar surface area (TPSA) is 80.3 Å². The Hall–Kier alpha value is -1.26. The fraction of sp³-hybridized carbons (Fsp3) is 0.300. The zero-order valence-corrected chi connectivity index (χ0v) is 18.4. The molecule has 0 atom stereocenters. The van der Waals surface area contributed by atoms with Gasteiger partial charge in [0.25, 0.3) is 0 Å². The molecule has 0 aliphatic carbocycles. The Bertz CT molecular complexity index is 661. The normalized spacial score (nSPS) is 9.56. The van der Waals surface area contributed by atoms with E-state index >= 15 is 0 Å². The number of hydrogen-bond acceptors (Lipinski definition) is 6. The first kappa shape index (κ1) is 25.7. The van der Waals surface area contributed by atoms with Crippen LogP contribution in [0.3, 0.4) is 0 Å². The van der Waals surface area contributed by atoms with Crippen molar-refractivity contribution in [2.24, 2.45) is 0 Å². The first-order valence-corrected chi connectivity index (χ1v) is 10.3. The minimum Gasteiger partial charge on any atom is -0.545 e. The van der Waals surface area contributed by atoms with E-state index in [1.54, 1.807) is 47.8 Å². The molecule has 2 aromatic carbocycles. The second-order valence-corrected chi connectivity index (χ2v) is 7.54. The van der Waals surface area contributed by atoms with E-state index in [1.165, 1.54) is 0 Å². The SMILES string of the molecule is CCCSc1ccccc1C(=O)[O-].CCCSc1ccccc1C(=O)[O-].[Pd+2]. The first-order valence-electron chi connectivity index (χ1n) is 8.37. The summed E-state index contributed by atoms with van der Waals surface area (Å²) in [7, 11) is 0. The van der Waals surface area contributed by atoms with Crippen molar-refractivity contribution in [2.75, 3.05) is 11.5 Å². The average Bonchev–Trinajstić information content (AvgIpc) is 2.65. The van der Waals surface area contributed by atoms with Gasteiger partial charge in [-0.05, 0) is 36.5 Å². The number of hydrogen-bond donors (Lipinski definition) is 0. The second-order valence-electron chi connectivity index (χ2n) is 5.26. The van der Waals surface area contributed by atoms with Crippen molar-refractivity contribution >= 4 is 35.5 Å². The molecule has 0 N–H and O–H groups in total. The van der Waals surface area contributed by atoms with Crippen molar-refractivity contribution < 1.29 is 40.2 Å². The third-order valence-corrected chi connectivity index (χ3v) is 5.70. The van der Waals surface area contributed by atoms with Gasteiger partial charge in [-0.1, -0.05) is 50.2 Å². The molecule has 0 saturated carbocycles. The van der Waals surface area contributed by atoms with Crippen LogP contribution in [0, 0.1) is 0 Å². The summed E-state index contributed by atoms with van der Waals surface area (Å²) in [6, 6.07) is 13.9. The Labute approximate surface area is 182 Å². The molecule has 2 rings (SSSR count). The van der Waals surface area contributed by atoms with Crippen LogP contribution in [0.25, 0.3) is 0 Å². The van der Waals surface area contributed by atoms with Gasteiger partial charge in [0.1, 0.15) is 0 Å². The van der Waals surface area contributed by atoms with E-state index in [0.29, 0.717) is 11.1 Å². The van der Waals surface area contributed by atoms with E-state index in [1.807, 2.05) is 24.3 Å². The summed E-state index contributed by atoms with van der Waals surface area (Å²) in [5, 5.41) is 21.3. The Morgan fingerprint density at radius 2 is 1.07 bits per heavy atom. The van der Waals surface area contributed by atoms with Crippen molar-refractivity contribution in [1.29, 1.82) is 0 Å². The fourth-order valence-electron chi connectivity index (χ4n) is 1.95. The monoisotopic (exact) mass is 496 g/mol. The third kappa shape index (κ3) is 9.48. The van der Waals surface area contributed by atoms with Gasteiger partial charge in [0, 0.05) is 20.9 Å². The molecule has 0 aliphatic rings. The van der Waals surface area contributed by atoms with Gasteiger partial charge in [-0.25, -0.2) is 0 Å². The van der Waals surface area contributed by atoms with Gasteiger partial charge in [0.05, 0.1) is 11.9 Å². The van der Waals surface area contributed by atoms with Gasteiger partial charge >= 0.3 is 20.4 Å². The number of aromatic carboxylic acids is 2. The largest absolute Gasteiger partial charge is 2.00 e. The minimum absolute atomic E-state index is 0. The van der Waals surface area contributed by atoms with E-state index in [2.05, 4.69) is 13.8 Å². The van der Waals surface area contributed by atoms with Crippen molar-refractivity contribution in [2.45, 2.75) is 36.5 Å². The van der Waals surface area contributed by atoms with Gasteiger partial charge in [-0.2, -0.15) is 0 Å². The summed E-state index contributed by atoms with van der Waals surface area (Å²) in [5.74, 6) is -0.326. The van der Waals surface area contributed by atoms with Gasteiger partial charge < -0.3 is 19.8 Å². The predicted molar refractivity (Wildman–Crippen MR) is 104 cm³/mol. The maximum atomic E-state index is 10.7. The van der Waals surface area contributed by atoms with Crippen LogP contribution in [0.4, 0.5) is 0 Å². The molecule has 2 aromatic rings. The van der Waals surface area contributed by atoms with Crippen LogP contribution in [0.15, 0.2) is 58.3 Å². The number of carboxylic acids is 2. The molecule has 7 heteroatoms. The van der Waals surface area contributed by atoms with Gasteiger partial charge in [-0.3, -0.25) is 0 Å². The summed E-state index contributed by atoms with van der Waals surface area (Å²) in [6.45, 7) is 4.13. The number of carbonyl (C=O) groups is 2. The van der Waals surface area contributed by atoms with Crippen molar-refractivity contribution in [3.05, 3.63) is 59.7 Å². The van der Waals surface area contributed by atoms with Crippen LogP contribution < -0.4 is 10.2 Å². The first-order chi connectivity index (χ1) is 12.5. The zero-order chi connectivity index (χ0) is 19.4. The number of carbonyl (C=O) groups excluding carboxylic acids is 2. The van der Waals surface area contributed by atoms with Crippen LogP contribution in [0.2, 0.25) is 0 Å². The molecular weight excluding hydrogens is 475 g/mol. The van der Waals surface area contributed by atoms with Crippen molar-refractivity contribution in [1.82, 2.24) is 0 Å². The van der Waals surface area contributed by atoms with E-state index in [-0.39, 0.29) is 20.4 Å². The van der Waals surface area contributed by atoms with Crippen LogP contribution in [0.5, 0.6) is 0 Å². The molecule has 0 amide bonds. The smallest absolute Gasteiger partial charge is 0.545 e. The molecule has 0 heterocycles. The molecule has 0 spiro atoms. The summed E-state index contributed by atoms with van der Waals surface area (Å²) in [5.41, 5.74) is 0.585. The van der Waals surface area contributed by atoms with Crippen LogP contribution >= 0.6 is 23.5 Å². The van der Waals surface area contributed by atoms with Crippen LogP contribution in [-0.4, -0.2) is 23.4 Å². The molecule has 0 aliphatic heterocycles. The van der Waals surface area contributed by atoms with Gasteiger partial charge in [0.15, 0.2) is 0 Å². The number of rotatable bonds is 8. The van der Waals surface area contributed by atoms with Gasteiger partial charge in [-0.15, -0.1) is 23.5 Å². The molecular formula is C20H22O4PdS2. The van der Waals surface area contributed by atoms with E-state index < -0.39 is 11.9 Å². The molecule has 148 valence electrons. The standard InChI is InChI=1S/2C10H12O2S.Pd/c2*1-2-7-13-9-6-4-3-5-8(9)10(11)12;/h2*3-6H,2,7H2,1H3,(H,11,12);/q;;+2/p-2. The number of carboxylic acid groups (broad SMARTS) is 2. The quantitative estimate of drug-likeness (QED) is 0.413. The van der Waals surface area contributed by atoms with E-state index in [0.717, 1.165) is 34.1 Å². The van der Waals surface area contributed by atoms with Crippen LogP contribution in [-0.2, 0) is 20.4 Å². The average molecular weight is 497 g/mol. The molecule has 0 fully saturated rings. The predicted octanol–water partition coefficient (Wildman–Crippen LogP) is 3.10. The van der Waals surface area contributed by atoms with Crippen LogP contribution in [0.1, 0.15) is 47.4 Å².